The molecular weight excluding hydrogens is 762 g/mol. The standard InChI is InChI=1S/C44H77N3O12/c1-14-33-43(10,52)37(49)29(6)45-23-25(2)21-41(8,51)38(59-40-35(48)32(47(11)12)20-26(3)55-40)27(4)36(28(5)39(50)57-33)58-34-22-42(9,54-13)44(53,30(7)56-34)24-46-31-18-16-15-17-19-31/h15-19,25-30,32-38,40,45-46,48-49,51-53H,14,20-24H2,1-13H3/t25-,26-,27+,28-,29+,30+,32+,33+,34+,35-,36+,37-,38-,40+,41+,42-,43-,44-/m1/s1. The van der Waals surface area contributed by atoms with Crippen LogP contribution in [0.2, 0.25) is 0 Å². The second kappa shape index (κ2) is 20.0. The fourth-order valence-electron chi connectivity index (χ4n) is 9.54. The Balaban J connectivity index is 1.78. The van der Waals surface area contributed by atoms with Crippen LogP contribution in [0.4, 0.5) is 5.69 Å². The molecule has 0 radical (unpaired) electrons. The fraction of sp³-hybridized carbons (Fsp3) is 0.841. The lowest BCUT2D eigenvalue weighted by Gasteiger charge is -2.53. The van der Waals surface area contributed by atoms with Crippen LogP contribution < -0.4 is 10.6 Å². The number of ether oxygens (including phenoxy) is 6. The summed E-state index contributed by atoms with van der Waals surface area (Å²) in [5, 5.41) is 66.2. The summed E-state index contributed by atoms with van der Waals surface area (Å²) in [5.74, 6) is -2.73. The number of esters is 1. The zero-order valence-corrected chi connectivity index (χ0v) is 37.8. The van der Waals surface area contributed by atoms with Gasteiger partial charge in [0.2, 0.25) is 0 Å². The number of anilines is 1. The maximum atomic E-state index is 14.4. The summed E-state index contributed by atoms with van der Waals surface area (Å²) in [7, 11) is 5.29. The van der Waals surface area contributed by atoms with E-state index in [1.165, 1.54) is 14.0 Å². The topological polar surface area (TPSA) is 201 Å². The van der Waals surface area contributed by atoms with Crippen molar-refractivity contribution in [2.45, 2.75) is 185 Å². The van der Waals surface area contributed by atoms with E-state index in [9.17, 15) is 30.3 Å². The number of hydrogen-bond acceptors (Lipinski definition) is 15. The Kier molecular flexibility index (Phi) is 16.9. The fourth-order valence-corrected chi connectivity index (χ4v) is 9.54. The van der Waals surface area contributed by atoms with Gasteiger partial charge in [-0.1, -0.05) is 39.0 Å². The van der Waals surface area contributed by atoms with E-state index in [1.54, 1.807) is 41.5 Å². The highest BCUT2D eigenvalue weighted by atomic mass is 16.7. The van der Waals surface area contributed by atoms with Gasteiger partial charge in [0.25, 0.3) is 0 Å². The van der Waals surface area contributed by atoms with E-state index in [0.29, 0.717) is 13.0 Å². The molecule has 3 aliphatic rings. The number of carbonyl (C=O) groups is 1. The van der Waals surface area contributed by atoms with Gasteiger partial charge in [-0.3, -0.25) is 4.79 Å². The SMILES string of the molecule is CC[C@@H]1OC(=O)[C@H](C)[C@@H](O[C@H]2C[C@@](C)(OC)[C@@](O)(CNc3ccccc3)[C@H](C)O2)[C@H](C)[C@@H](O[C@@H]2O[C@H](C)C[C@H](N(C)C)[C@H]2O)[C@@](C)(O)C[C@@H](C)CN[C@@H](C)[C@@H](O)[C@]1(C)O. The lowest BCUT2D eigenvalue weighted by Crippen LogP contribution is -2.69. The van der Waals surface area contributed by atoms with Crippen molar-refractivity contribution in [1.29, 1.82) is 0 Å². The first-order valence-corrected chi connectivity index (χ1v) is 21.5. The molecule has 3 saturated heterocycles. The predicted octanol–water partition coefficient (Wildman–Crippen LogP) is 3.04. The maximum Gasteiger partial charge on any atom is 0.311 e. The quantitative estimate of drug-likeness (QED) is 0.170. The minimum absolute atomic E-state index is 0.0548. The predicted molar refractivity (Wildman–Crippen MR) is 223 cm³/mol. The third kappa shape index (κ3) is 11.2. The van der Waals surface area contributed by atoms with Crippen LogP contribution in [0.1, 0.15) is 94.9 Å². The van der Waals surface area contributed by atoms with E-state index in [-0.39, 0.29) is 43.9 Å². The van der Waals surface area contributed by atoms with Gasteiger partial charge in [0.15, 0.2) is 12.6 Å². The van der Waals surface area contributed by atoms with Crippen molar-refractivity contribution in [3.8, 4) is 0 Å². The lowest BCUT2D eigenvalue weighted by molar-refractivity contribution is -0.334. The molecule has 7 N–H and O–H groups in total. The van der Waals surface area contributed by atoms with Crippen LogP contribution in [0, 0.1) is 17.8 Å². The van der Waals surface area contributed by atoms with Crippen LogP contribution in [0.3, 0.4) is 0 Å². The number of para-hydroxylation sites is 1. The Morgan fingerprint density at radius 1 is 0.949 bits per heavy atom. The first kappa shape index (κ1) is 49.7. The van der Waals surface area contributed by atoms with E-state index in [1.807, 2.05) is 70.1 Å². The van der Waals surface area contributed by atoms with Gasteiger partial charge >= 0.3 is 5.97 Å². The number of benzene rings is 1. The second-order valence-electron chi connectivity index (χ2n) is 18.7. The highest BCUT2D eigenvalue weighted by Crippen LogP contribution is 2.43. The Morgan fingerprint density at radius 2 is 1.59 bits per heavy atom. The largest absolute Gasteiger partial charge is 0.459 e. The normalized spacial score (nSPS) is 45.9. The number of likely N-dealkylation sites (N-methyl/N-ethyl adjacent to an activating group) is 1. The van der Waals surface area contributed by atoms with Crippen molar-refractivity contribution in [1.82, 2.24) is 10.2 Å². The van der Waals surface area contributed by atoms with Crippen molar-refractivity contribution < 1.29 is 58.7 Å². The number of nitrogens with one attached hydrogen (secondary N) is 2. The molecule has 1 aromatic carbocycles. The number of rotatable bonds is 10. The molecule has 3 heterocycles. The summed E-state index contributed by atoms with van der Waals surface area (Å²) in [6, 6.07) is 8.61. The summed E-state index contributed by atoms with van der Waals surface area (Å²) in [5.41, 5.74) is -5.33. The number of aliphatic hydroxyl groups excluding tert-OH is 2. The molecule has 0 aromatic heterocycles. The Labute approximate surface area is 352 Å². The van der Waals surface area contributed by atoms with Gasteiger partial charge in [-0.05, 0) is 106 Å². The first-order chi connectivity index (χ1) is 27.4. The van der Waals surface area contributed by atoms with E-state index in [2.05, 4.69) is 10.6 Å². The van der Waals surface area contributed by atoms with Gasteiger partial charge in [-0.15, -0.1) is 0 Å². The van der Waals surface area contributed by atoms with Gasteiger partial charge in [-0.25, -0.2) is 0 Å². The molecular formula is C44H77N3O12. The van der Waals surface area contributed by atoms with Crippen molar-refractivity contribution >= 4 is 11.7 Å². The minimum Gasteiger partial charge on any atom is -0.459 e. The average molecular weight is 840 g/mol. The Morgan fingerprint density at radius 3 is 2.19 bits per heavy atom. The molecule has 0 unspecified atom stereocenters. The second-order valence-corrected chi connectivity index (χ2v) is 18.7. The van der Waals surface area contributed by atoms with Crippen LogP contribution in [-0.2, 0) is 33.2 Å². The highest BCUT2D eigenvalue weighted by Gasteiger charge is 2.58. The molecule has 0 saturated carbocycles. The number of hydrogen-bond donors (Lipinski definition) is 7. The van der Waals surface area contributed by atoms with Crippen LogP contribution in [-0.4, -0.2) is 160 Å². The van der Waals surface area contributed by atoms with E-state index < -0.39 is 95.5 Å². The van der Waals surface area contributed by atoms with E-state index >= 15 is 0 Å². The van der Waals surface area contributed by atoms with Crippen LogP contribution in [0.25, 0.3) is 0 Å². The minimum atomic E-state index is -1.83. The smallest absolute Gasteiger partial charge is 0.311 e. The summed E-state index contributed by atoms with van der Waals surface area (Å²) in [6.07, 6.45) is -7.84. The third-order valence-electron chi connectivity index (χ3n) is 13.5. The maximum absolute atomic E-state index is 14.4. The molecule has 18 atom stereocenters. The number of carbonyl (C=O) groups excluding carboxylic acids is 1. The van der Waals surface area contributed by atoms with E-state index in [0.717, 1.165) is 5.69 Å². The zero-order chi connectivity index (χ0) is 44.2. The highest BCUT2D eigenvalue weighted by molar-refractivity contribution is 5.73. The molecule has 15 heteroatoms. The number of cyclic esters (lactones) is 1. The summed E-state index contributed by atoms with van der Waals surface area (Å²) in [4.78, 5) is 16.3. The van der Waals surface area contributed by atoms with Gasteiger partial charge in [0.05, 0.1) is 35.9 Å². The molecule has 0 amide bonds. The van der Waals surface area contributed by atoms with Gasteiger partial charge in [0.1, 0.15) is 35.1 Å². The zero-order valence-electron chi connectivity index (χ0n) is 37.8. The van der Waals surface area contributed by atoms with Crippen LogP contribution >= 0.6 is 0 Å². The van der Waals surface area contributed by atoms with Crippen molar-refractivity contribution in [2.24, 2.45) is 17.8 Å². The van der Waals surface area contributed by atoms with Gasteiger partial charge in [-0.2, -0.15) is 0 Å². The van der Waals surface area contributed by atoms with Crippen molar-refractivity contribution in [3.63, 3.8) is 0 Å². The molecule has 0 spiro atoms. The average Bonchev–Trinajstić information content (AvgIpc) is 3.18. The molecule has 0 aliphatic carbocycles. The summed E-state index contributed by atoms with van der Waals surface area (Å²) < 4.78 is 38.5. The first-order valence-electron chi connectivity index (χ1n) is 21.5. The molecule has 4 rings (SSSR count). The Bertz CT molecular complexity index is 1470. The van der Waals surface area contributed by atoms with Crippen molar-refractivity contribution in [2.75, 3.05) is 39.6 Å². The molecule has 15 nitrogen and oxygen atoms in total. The molecule has 59 heavy (non-hydrogen) atoms. The third-order valence-corrected chi connectivity index (χ3v) is 13.5. The van der Waals surface area contributed by atoms with Crippen LogP contribution in [0.5, 0.6) is 0 Å². The molecule has 1 aromatic rings. The number of nitrogens with zero attached hydrogens (tertiary/aromatic N) is 1. The van der Waals surface area contributed by atoms with Crippen molar-refractivity contribution in [3.05, 3.63) is 30.3 Å². The summed E-state index contributed by atoms with van der Waals surface area (Å²) >= 11 is 0. The molecule has 0 bridgehead atoms. The molecule has 3 fully saturated rings. The number of methoxy groups -OCH3 is 1. The molecule has 3 aliphatic heterocycles. The summed E-state index contributed by atoms with van der Waals surface area (Å²) in [6.45, 7) is 18.0. The number of aliphatic hydroxyl groups is 5. The lowest BCUT2D eigenvalue weighted by atomic mass is 9.75. The Hall–Kier alpha value is -1.99. The van der Waals surface area contributed by atoms with Gasteiger partial charge < -0.3 is 69.5 Å². The van der Waals surface area contributed by atoms with E-state index in [4.69, 9.17) is 28.4 Å². The monoisotopic (exact) mass is 840 g/mol. The van der Waals surface area contributed by atoms with Gasteiger partial charge in [0, 0.05) is 43.8 Å². The molecule has 340 valence electrons. The van der Waals surface area contributed by atoms with Crippen LogP contribution in [0.15, 0.2) is 30.3 Å².